The highest BCUT2D eigenvalue weighted by molar-refractivity contribution is 5.76. The Morgan fingerprint density at radius 1 is 1.29 bits per heavy atom. The molecule has 0 atom stereocenters. The third-order valence-electron chi connectivity index (χ3n) is 1.60. The molecule has 0 unspecified atom stereocenters. The minimum Gasteiger partial charge on any atom is -0.351 e. The lowest BCUT2D eigenvalue weighted by Crippen LogP contribution is -2.41. The van der Waals surface area contributed by atoms with E-state index in [1.54, 1.807) is 0 Å². The summed E-state index contributed by atoms with van der Waals surface area (Å²) in [5.74, 6) is 0.0951. The smallest absolute Gasteiger partial charge is 0.221 e. The van der Waals surface area contributed by atoms with Gasteiger partial charge in [0.05, 0.1) is 0 Å². The summed E-state index contributed by atoms with van der Waals surface area (Å²) in [7, 11) is 0. The Labute approximate surface area is 86.6 Å². The van der Waals surface area contributed by atoms with Crippen molar-refractivity contribution in [1.82, 2.24) is 10.6 Å². The topological polar surface area (TPSA) is 67.2 Å². The molecule has 0 aromatic heterocycles. The van der Waals surface area contributed by atoms with E-state index in [1.165, 1.54) is 0 Å². The maximum absolute atomic E-state index is 11.3. The Balaban J connectivity index is 3.36. The monoisotopic (exact) mass is 201 g/mol. The molecule has 0 saturated heterocycles. The van der Waals surface area contributed by atoms with Gasteiger partial charge >= 0.3 is 0 Å². The molecule has 4 N–H and O–H groups in total. The van der Waals surface area contributed by atoms with Gasteiger partial charge in [-0.1, -0.05) is 0 Å². The van der Waals surface area contributed by atoms with Gasteiger partial charge in [-0.05, 0) is 40.3 Å². The molecule has 0 heterocycles. The summed E-state index contributed by atoms with van der Waals surface area (Å²) < 4.78 is 0. The normalized spacial score (nSPS) is 11.4. The van der Waals surface area contributed by atoms with Crippen LogP contribution in [0.2, 0.25) is 0 Å². The lowest BCUT2D eigenvalue weighted by molar-refractivity contribution is -0.122. The van der Waals surface area contributed by atoms with Crippen LogP contribution in [-0.4, -0.2) is 31.1 Å². The summed E-state index contributed by atoms with van der Waals surface area (Å²) in [4.78, 5) is 11.3. The van der Waals surface area contributed by atoms with Crippen molar-refractivity contribution in [3.63, 3.8) is 0 Å². The second-order valence-corrected chi connectivity index (χ2v) is 4.44. The Hall–Kier alpha value is -0.610. The van der Waals surface area contributed by atoms with Gasteiger partial charge in [-0.25, -0.2) is 0 Å². The number of carbonyl (C=O) groups is 1. The molecule has 1 amide bonds. The zero-order valence-corrected chi connectivity index (χ0v) is 9.52. The molecule has 0 spiro atoms. The predicted octanol–water partition coefficient (Wildman–Crippen LogP) is 0.230. The fraction of sp³-hybridized carbons (Fsp3) is 0.900. The number of carbonyl (C=O) groups excluding carboxylic acids is 1. The van der Waals surface area contributed by atoms with Crippen LogP contribution >= 0.6 is 0 Å². The molecule has 0 radical (unpaired) electrons. The van der Waals surface area contributed by atoms with Gasteiger partial charge in [0.25, 0.3) is 0 Å². The van der Waals surface area contributed by atoms with Crippen LogP contribution in [0.1, 0.15) is 33.6 Å². The first-order valence-electron chi connectivity index (χ1n) is 5.17. The summed E-state index contributed by atoms with van der Waals surface area (Å²) in [6.45, 7) is 8.24. The van der Waals surface area contributed by atoms with Gasteiger partial charge in [-0.2, -0.15) is 0 Å². The molecule has 14 heavy (non-hydrogen) atoms. The van der Waals surface area contributed by atoms with Crippen molar-refractivity contribution < 1.29 is 4.79 Å². The van der Waals surface area contributed by atoms with Gasteiger partial charge in [-0.15, -0.1) is 0 Å². The molecular weight excluding hydrogens is 178 g/mol. The molecule has 0 aliphatic heterocycles. The fourth-order valence-corrected chi connectivity index (χ4v) is 1.03. The first-order valence-corrected chi connectivity index (χ1v) is 5.17. The van der Waals surface area contributed by atoms with Gasteiger partial charge in [0.2, 0.25) is 5.91 Å². The predicted molar refractivity (Wildman–Crippen MR) is 59.1 cm³/mol. The highest BCUT2D eigenvalue weighted by Crippen LogP contribution is 1.98. The molecule has 4 nitrogen and oxygen atoms in total. The third kappa shape index (κ3) is 9.48. The van der Waals surface area contributed by atoms with E-state index in [4.69, 9.17) is 5.73 Å². The van der Waals surface area contributed by atoms with Crippen molar-refractivity contribution in [3.8, 4) is 0 Å². The Morgan fingerprint density at radius 3 is 2.43 bits per heavy atom. The Bertz CT molecular complexity index is 163. The molecule has 0 aromatic carbocycles. The van der Waals surface area contributed by atoms with Crippen molar-refractivity contribution in [2.24, 2.45) is 5.73 Å². The summed E-state index contributed by atoms with van der Waals surface area (Å²) in [5.41, 5.74) is 5.20. The van der Waals surface area contributed by atoms with Crippen LogP contribution in [0.15, 0.2) is 0 Å². The summed E-state index contributed by atoms with van der Waals surface area (Å²) >= 11 is 0. The number of rotatable bonds is 6. The van der Waals surface area contributed by atoms with Gasteiger partial charge in [0.15, 0.2) is 0 Å². The van der Waals surface area contributed by atoms with E-state index in [0.717, 1.165) is 19.5 Å². The lowest BCUT2D eigenvalue weighted by atomic mass is 10.1. The molecule has 0 fully saturated rings. The first kappa shape index (κ1) is 13.4. The SMILES string of the molecule is CC(C)(C)NC(=O)CCNCCCN. The van der Waals surface area contributed by atoms with E-state index in [1.807, 2.05) is 20.8 Å². The minimum atomic E-state index is -0.131. The quantitative estimate of drug-likeness (QED) is 0.539. The van der Waals surface area contributed by atoms with E-state index < -0.39 is 0 Å². The zero-order valence-electron chi connectivity index (χ0n) is 9.52. The largest absolute Gasteiger partial charge is 0.351 e. The van der Waals surface area contributed by atoms with Gasteiger partial charge in [-0.3, -0.25) is 4.79 Å². The summed E-state index contributed by atoms with van der Waals surface area (Å²) in [5, 5.41) is 6.07. The Kier molecular flexibility index (Phi) is 6.49. The van der Waals surface area contributed by atoms with Gasteiger partial charge < -0.3 is 16.4 Å². The Morgan fingerprint density at radius 2 is 1.93 bits per heavy atom. The van der Waals surface area contributed by atoms with E-state index >= 15 is 0 Å². The van der Waals surface area contributed by atoms with Crippen LogP contribution in [0.5, 0.6) is 0 Å². The number of hydrogen-bond acceptors (Lipinski definition) is 3. The van der Waals surface area contributed by atoms with Crippen molar-refractivity contribution in [2.75, 3.05) is 19.6 Å². The van der Waals surface area contributed by atoms with Crippen molar-refractivity contribution in [2.45, 2.75) is 39.2 Å². The maximum atomic E-state index is 11.3. The van der Waals surface area contributed by atoms with Crippen LogP contribution in [-0.2, 0) is 4.79 Å². The molecule has 0 bridgehead atoms. The second-order valence-electron chi connectivity index (χ2n) is 4.44. The van der Waals surface area contributed by atoms with Crippen LogP contribution < -0.4 is 16.4 Å². The molecule has 0 rings (SSSR count). The van der Waals surface area contributed by atoms with E-state index in [9.17, 15) is 4.79 Å². The highest BCUT2D eigenvalue weighted by Gasteiger charge is 2.12. The molecule has 0 saturated carbocycles. The summed E-state index contributed by atoms with van der Waals surface area (Å²) in [6, 6.07) is 0. The van der Waals surface area contributed by atoms with E-state index in [-0.39, 0.29) is 11.4 Å². The van der Waals surface area contributed by atoms with Crippen LogP contribution in [0.25, 0.3) is 0 Å². The lowest BCUT2D eigenvalue weighted by Gasteiger charge is -2.20. The van der Waals surface area contributed by atoms with Crippen molar-refractivity contribution in [1.29, 1.82) is 0 Å². The highest BCUT2D eigenvalue weighted by atomic mass is 16.1. The molecular formula is C10H23N3O. The van der Waals surface area contributed by atoms with E-state index in [2.05, 4.69) is 10.6 Å². The number of nitrogens with one attached hydrogen (secondary N) is 2. The second kappa shape index (κ2) is 6.79. The average molecular weight is 201 g/mol. The zero-order chi connectivity index (χ0) is 11.0. The van der Waals surface area contributed by atoms with Gasteiger partial charge in [0.1, 0.15) is 0 Å². The molecule has 4 heteroatoms. The minimum absolute atomic E-state index is 0.0951. The third-order valence-corrected chi connectivity index (χ3v) is 1.60. The number of amides is 1. The van der Waals surface area contributed by atoms with Crippen LogP contribution in [0.3, 0.4) is 0 Å². The number of hydrogen-bond donors (Lipinski definition) is 3. The fourth-order valence-electron chi connectivity index (χ4n) is 1.03. The molecule has 0 aliphatic rings. The first-order chi connectivity index (χ1) is 6.45. The molecule has 84 valence electrons. The summed E-state index contributed by atoms with van der Waals surface area (Å²) in [6.07, 6.45) is 1.49. The van der Waals surface area contributed by atoms with Crippen LogP contribution in [0.4, 0.5) is 0 Å². The van der Waals surface area contributed by atoms with Crippen molar-refractivity contribution >= 4 is 5.91 Å². The molecule has 0 aliphatic carbocycles. The van der Waals surface area contributed by atoms with E-state index in [0.29, 0.717) is 13.0 Å². The van der Waals surface area contributed by atoms with Crippen molar-refractivity contribution in [3.05, 3.63) is 0 Å². The standard InChI is InChI=1S/C10H23N3O/c1-10(2,3)13-9(14)5-8-12-7-4-6-11/h12H,4-8,11H2,1-3H3,(H,13,14). The average Bonchev–Trinajstić information content (AvgIpc) is 2.00. The molecule has 0 aromatic rings. The van der Waals surface area contributed by atoms with Gasteiger partial charge in [0, 0.05) is 18.5 Å². The van der Waals surface area contributed by atoms with Crippen LogP contribution in [0, 0.1) is 0 Å². The number of nitrogens with two attached hydrogens (primary N) is 1. The maximum Gasteiger partial charge on any atom is 0.221 e.